The molecule has 0 aliphatic carbocycles. The van der Waals surface area contributed by atoms with Crippen molar-refractivity contribution in [2.24, 2.45) is 0 Å². The van der Waals surface area contributed by atoms with Gasteiger partial charge in [0.2, 0.25) is 15.9 Å². The number of ether oxygens (including phenoxy) is 1. The highest BCUT2D eigenvalue weighted by atomic mass is 32.2. The van der Waals surface area contributed by atoms with Crippen molar-refractivity contribution in [3.63, 3.8) is 0 Å². The van der Waals surface area contributed by atoms with Crippen LogP contribution in [0, 0.1) is 0 Å². The highest BCUT2D eigenvalue weighted by Gasteiger charge is 2.38. The summed E-state index contributed by atoms with van der Waals surface area (Å²) in [5, 5.41) is 12.0. The summed E-state index contributed by atoms with van der Waals surface area (Å²) >= 11 is 0. The highest BCUT2D eigenvalue weighted by molar-refractivity contribution is 7.92. The molecule has 0 spiro atoms. The Bertz CT molecular complexity index is 1350. The zero-order valence-electron chi connectivity index (χ0n) is 21.3. The third kappa shape index (κ3) is 5.54. The van der Waals surface area contributed by atoms with Gasteiger partial charge in [0.05, 0.1) is 17.0 Å². The van der Waals surface area contributed by atoms with Crippen molar-refractivity contribution < 1.29 is 36.2 Å². The van der Waals surface area contributed by atoms with Crippen molar-refractivity contribution in [2.45, 2.75) is 57.7 Å². The number of aliphatic hydroxyl groups is 1. The lowest BCUT2D eigenvalue weighted by atomic mass is 9.83. The Morgan fingerprint density at radius 3 is 2.61 bits per heavy atom. The van der Waals surface area contributed by atoms with Gasteiger partial charge >= 0.3 is 6.18 Å². The number of rotatable bonds is 7. The van der Waals surface area contributed by atoms with E-state index in [1.54, 1.807) is 18.2 Å². The molecule has 0 bridgehead atoms. The van der Waals surface area contributed by atoms with Gasteiger partial charge in [0, 0.05) is 42.5 Å². The number of carbonyl (C=O) groups excluding carboxylic acids is 1. The minimum absolute atomic E-state index is 0.0932. The van der Waals surface area contributed by atoms with Gasteiger partial charge in [-0.3, -0.25) is 9.10 Å². The first-order valence-electron chi connectivity index (χ1n) is 12.6. The van der Waals surface area contributed by atoms with E-state index in [4.69, 9.17) is 4.74 Å². The lowest BCUT2D eigenvalue weighted by molar-refractivity contribution is -0.137. The number of hydrogen-bond donors (Lipinski definition) is 2. The third-order valence-electron chi connectivity index (χ3n) is 7.23. The predicted octanol–water partition coefficient (Wildman–Crippen LogP) is 5.14. The van der Waals surface area contributed by atoms with Gasteiger partial charge in [0.15, 0.2) is 0 Å². The monoisotopic (exact) mass is 552 g/mol. The fourth-order valence-electron chi connectivity index (χ4n) is 5.01. The first kappa shape index (κ1) is 28.0. The average molecular weight is 553 g/mol. The van der Waals surface area contributed by atoms with Crippen LogP contribution in [-0.4, -0.2) is 43.9 Å². The fraction of sp³-hybridized carbons (Fsp3) is 0.444. The molecular weight excluding hydrogens is 521 g/mol. The summed E-state index contributed by atoms with van der Waals surface area (Å²) in [5.41, 5.74) is 1.04. The molecule has 0 saturated carbocycles. The molecule has 2 heterocycles. The number of anilines is 2. The molecule has 11 heteroatoms. The fourth-order valence-corrected chi connectivity index (χ4v) is 6.57. The predicted molar refractivity (Wildman–Crippen MR) is 140 cm³/mol. The summed E-state index contributed by atoms with van der Waals surface area (Å²) in [6.45, 7) is 3.76. The van der Waals surface area contributed by atoms with Gasteiger partial charge in [0.25, 0.3) is 0 Å². The van der Waals surface area contributed by atoms with E-state index in [0.29, 0.717) is 47.3 Å². The van der Waals surface area contributed by atoms with Crippen LogP contribution in [0.15, 0.2) is 42.5 Å². The number of sulfonamides is 1. The minimum atomic E-state index is -4.52. The Kier molecular flexibility index (Phi) is 7.81. The molecule has 0 unspecified atom stereocenters. The number of nitrogens with zero attached hydrogens (tertiary/aromatic N) is 1. The van der Waals surface area contributed by atoms with E-state index in [0.717, 1.165) is 12.1 Å². The lowest BCUT2D eigenvalue weighted by Gasteiger charge is -2.39. The molecule has 0 atom stereocenters. The molecule has 7 nitrogen and oxygen atoms in total. The SMILES string of the molecule is CCC1(CC)C/C(=C\C(=O)Nc2cccc3c2CCS(=O)(=O)N3CCCO)c2ccc(C(F)(F)F)cc2O1. The molecule has 2 aliphatic rings. The smallest absolute Gasteiger partial charge is 0.416 e. The standard InChI is InChI=1S/C27H31F3N2O5S/c1-3-26(4-2)17-18(20-10-9-19(27(28,29)30)16-24(20)37-26)15-25(34)31-22-7-5-8-23-21(22)11-14-38(35,36)32(23)12-6-13-33/h5,7-10,15-16,33H,3-4,6,11-14,17H2,1-2H3,(H,31,34)/b18-15+. The van der Waals surface area contributed by atoms with Gasteiger partial charge in [-0.15, -0.1) is 0 Å². The summed E-state index contributed by atoms with van der Waals surface area (Å²) < 4.78 is 72.7. The van der Waals surface area contributed by atoms with Gasteiger partial charge in [-0.05, 0) is 55.5 Å². The van der Waals surface area contributed by atoms with Crippen LogP contribution in [-0.2, 0) is 27.4 Å². The van der Waals surface area contributed by atoms with Crippen molar-refractivity contribution in [1.29, 1.82) is 0 Å². The Hall–Kier alpha value is -3.05. The van der Waals surface area contributed by atoms with Gasteiger partial charge in [-0.25, -0.2) is 8.42 Å². The van der Waals surface area contributed by atoms with Crippen molar-refractivity contribution in [3.8, 4) is 5.75 Å². The number of benzene rings is 2. The van der Waals surface area contributed by atoms with Gasteiger partial charge in [-0.2, -0.15) is 13.2 Å². The van der Waals surface area contributed by atoms with E-state index in [2.05, 4.69) is 5.32 Å². The molecule has 206 valence electrons. The van der Waals surface area contributed by atoms with Crippen molar-refractivity contribution in [1.82, 2.24) is 0 Å². The number of fused-ring (bicyclic) bond motifs is 2. The second-order valence-electron chi connectivity index (χ2n) is 9.56. The van der Waals surface area contributed by atoms with Gasteiger partial charge in [-0.1, -0.05) is 26.0 Å². The molecule has 2 aromatic carbocycles. The van der Waals surface area contributed by atoms with Gasteiger partial charge < -0.3 is 15.2 Å². The molecule has 2 aliphatic heterocycles. The molecule has 0 radical (unpaired) electrons. The van der Waals surface area contributed by atoms with Crippen LogP contribution in [0.2, 0.25) is 0 Å². The summed E-state index contributed by atoms with van der Waals surface area (Å²) in [6, 6.07) is 8.30. The molecular formula is C27H31F3N2O5S. The van der Waals surface area contributed by atoms with Crippen molar-refractivity contribution in [3.05, 3.63) is 59.2 Å². The second kappa shape index (κ2) is 10.6. The van der Waals surface area contributed by atoms with Crippen LogP contribution in [0.4, 0.5) is 24.5 Å². The Morgan fingerprint density at radius 2 is 1.95 bits per heavy atom. The molecule has 0 aromatic heterocycles. The summed E-state index contributed by atoms with van der Waals surface area (Å²) in [4.78, 5) is 13.2. The maximum atomic E-state index is 13.4. The van der Waals surface area contributed by atoms with E-state index < -0.39 is 33.3 Å². The number of aliphatic hydroxyl groups excluding tert-OH is 1. The number of alkyl halides is 3. The number of amides is 1. The first-order valence-corrected chi connectivity index (χ1v) is 14.2. The highest BCUT2D eigenvalue weighted by Crippen LogP contribution is 2.45. The summed E-state index contributed by atoms with van der Waals surface area (Å²) in [6.07, 6.45) is -1.21. The van der Waals surface area contributed by atoms with Crippen molar-refractivity contribution in [2.75, 3.05) is 28.5 Å². The van der Waals surface area contributed by atoms with Crippen LogP contribution in [0.3, 0.4) is 0 Å². The molecule has 1 amide bonds. The number of carbonyl (C=O) groups is 1. The summed E-state index contributed by atoms with van der Waals surface area (Å²) in [7, 11) is -3.54. The van der Waals surface area contributed by atoms with E-state index in [-0.39, 0.29) is 37.5 Å². The van der Waals surface area contributed by atoms with E-state index in [1.165, 1.54) is 16.4 Å². The van der Waals surface area contributed by atoms with E-state index in [9.17, 15) is 31.5 Å². The van der Waals surface area contributed by atoms with Crippen LogP contribution < -0.4 is 14.4 Å². The number of hydrogen-bond acceptors (Lipinski definition) is 5. The number of halogens is 3. The van der Waals surface area contributed by atoms with Crippen LogP contribution in [0.5, 0.6) is 5.75 Å². The Morgan fingerprint density at radius 1 is 1.21 bits per heavy atom. The van der Waals surface area contributed by atoms with Gasteiger partial charge in [0.1, 0.15) is 11.4 Å². The quantitative estimate of drug-likeness (QED) is 0.464. The Labute approximate surface area is 220 Å². The van der Waals surface area contributed by atoms with Crippen LogP contribution in [0.25, 0.3) is 5.57 Å². The summed E-state index contributed by atoms with van der Waals surface area (Å²) in [5.74, 6) is -0.505. The molecule has 2 aromatic rings. The lowest BCUT2D eigenvalue weighted by Crippen LogP contribution is -2.39. The molecule has 38 heavy (non-hydrogen) atoms. The molecule has 4 rings (SSSR count). The first-order chi connectivity index (χ1) is 17.9. The van der Waals surface area contributed by atoms with Crippen LogP contribution >= 0.6 is 0 Å². The largest absolute Gasteiger partial charge is 0.486 e. The molecule has 0 fully saturated rings. The van der Waals surface area contributed by atoms with Crippen LogP contribution in [0.1, 0.15) is 56.2 Å². The Balaban J connectivity index is 1.68. The number of nitrogens with one attached hydrogen (secondary N) is 1. The molecule has 2 N–H and O–H groups in total. The second-order valence-corrected chi connectivity index (χ2v) is 11.6. The zero-order chi connectivity index (χ0) is 27.7. The van der Waals surface area contributed by atoms with Crippen molar-refractivity contribution >= 4 is 32.9 Å². The third-order valence-corrected chi connectivity index (χ3v) is 9.00. The van der Waals surface area contributed by atoms with E-state index in [1.807, 2.05) is 13.8 Å². The normalized spacial score (nSPS) is 18.9. The minimum Gasteiger partial charge on any atom is -0.486 e. The maximum Gasteiger partial charge on any atom is 0.416 e. The zero-order valence-corrected chi connectivity index (χ0v) is 22.1. The molecule has 0 saturated heterocycles. The average Bonchev–Trinajstić information content (AvgIpc) is 2.86. The topological polar surface area (TPSA) is 95.9 Å². The maximum absolute atomic E-state index is 13.4. The van der Waals surface area contributed by atoms with E-state index >= 15 is 0 Å².